The first-order chi connectivity index (χ1) is 9.90. The van der Waals surface area contributed by atoms with Gasteiger partial charge in [-0.3, -0.25) is 9.78 Å². The molecule has 8 heteroatoms. The van der Waals surface area contributed by atoms with Crippen molar-refractivity contribution >= 4 is 16.0 Å². The molecule has 0 aliphatic heterocycles. The molecule has 1 atom stereocenters. The highest BCUT2D eigenvalue weighted by Gasteiger charge is 2.27. The first-order valence-corrected chi connectivity index (χ1v) is 7.29. The van der Waals surface area contributed by atoms with Crippen LogP contribution in [0.25, 0.3) is 0 Å². The number of carboxylic acid groups (broad SMARTS) is 1. The van der Waals surface area contributed by atoms with E-state index in [1.807, 2.05) is 4.72 Å². The standard InChI is InChI=1S/C13H11FN2O4S/c14-10-6-11(8-15-7-10)21(19,20)16-12(13(17)18)9-4-2-1-3-5-9/h1-8,12,16H,(H,17,18). The fourth-order valence-electron chi connectivity index (χ4n) is 1.67. The van der Waals surface area contributed by atoms with Gasteiger partial charge in [-0.05, 0) is 11.6 Å². The molecule has 1 aromatic heterocycles. The maximum absolute atomic E-state index is 13.0. The zero-order chi connectivity index (χ0) is 15.5. The molecule has 0 saturated heterocycles. The van der Waals surface area contributed by atoms with Crippen molar-refractivity contribution in [1.82, 2.24) is 9.71 Å². The monoisotopic (exact) mass is 310 g/mol. The molecule has 0 amide bonds. The molecule has 0 aliphatic carbocycles. The van der Waals surface area contributed by atoms with Crippen LogP contribution in [-0.2, 0) is 14.8 Å². The van der Waals surface area contributed by atoms with Gasteiger partial charge in [0.15, 0.2) is 0 Å². The number of carbonyl (C=O) groups is 1. The van der Waals surface area contributed by atoms with Crippen molar-refractivity contribution in [2.45, 2.75) is 10.9 Å². The van der Waals surface area contributed by atoms with E-state index in [1.54, 1.807) is 18.2 Å². The number of pyridine rings is 1. The highest BCUT2D eigenvalue weighted by Crippen LogP contribution is 2.17. The summed E-state index contributed by atoms with van der Waals surface area (Å²) in [6.45, 7) is 0. The topological polar surface area (TPSA) is 96.4 Å². The molecule has 1 heterocycles. The van der Waals surface area contributed by atoms with Crippen LogP contribution >= 0.6 is 0 Å². The number of aliphatic carboxylic acids is 1. The van der Waals surface area contributed by atoms with Gasteiger partial charge in [-0.15, -0.1) is 0 Å². The van der Waals surface area contributed by atoms with E-state index in [-0.39, 0.29) is 5.56 Å². The quantitative estimate of drug-likeness (QED) is 0.868. The van der Waals surface area contributed by atoms with Crippen LogP contribution in [0.15, 0.2) is 53.7 Å². The predicted molar refractivity (Wildman–Crippen MR) is 71.3 cm³/mol. The molecule has 0 radical (unpaired) electrons. The first-order valence-electron chi connectivity index (χ1n) is 5.81. The largest absolute Gasteiger partial charge is 0.480 e. The minimum absolute atomic E-state index is 0.262. The maximum Gasteiger partial charge on any atom is 0.326 e. The number of halogens is 1. The molecule has 0 saturated carbocycles. The molecule has 0 fully saturated rings. The van der Waals surface area contributed by atoms with Crippen molar-refractivity contribution in [2.75, 3.05) is 0 Å². The molecule has 0 aliphatic rings. The number of hydrogen-bond donors (Lipinski definition) is 2. The Labute approximate surface area is 120 Å². The van der Waals surface area contributed by atoms with E-state index in [4.69, 9.17) is 0 Å². The van der Waals surface area contributed by atoms with Crippen LogP contribution in [0.5, 0.6) is 0 Å². The summed E-state index contributed by atoms with van der Waals surface area (Å²) in [5.41, 5.74) is 0.262. The van der Waals surface area contributed by atoms with Gasteiger partial charge < -0.3 is 5.11 Å². The Balaban J connectivity index is 2.35. The van der Waals surface area contributed by atoms with Crippen molar-refractivity contribution in [1.29, 1.82) is 0 Å². The van der Waals surface area contributed by atoms with Crippen LogP contribution in [0.3, 0.4) is 0 Å². The summed E-state index contributed by atoms with van der Waals surface area (Å²) in [4.78, 5) is 14.3. The molecule has 2 N–H and O–H groups in total. The Bertz CT molecular complexity index is 750. The summed E-state index contributed by atoms with van der Waals surface area (Å²) in [6.07, 6.45) is 1.79. The lowest BCUT2D eigenvalue weighted by Crippen LogP contribution is -2.33. The molecule has 0 spiro atoms. The molecular weight excluding hydrogens is 299 g/mol. The summed E-state index contributed by atoms with van der Waals surface area (Å²) >= 11 is 0. The normalized spacial score (nSPS) is 12.8. The molecule has 6 nitrogen and oxygen atoms in total. The lowest BCUT2D eigenvalue weighted by atomic mass is 10.1. The van der Waals surface area contributed by atoms with E-state index in [1.165, 1.54) is 12.1 Å². The number of aromatic nitrogens is 1. The van der Waals surface area contributed by atoms with Gasteiger partial charge in [0.25, 0.3) is 0 Å². The Hall–Kier alpha value is -2.32. The Morgan fingerprint density at radius 3 is 2.48 bits per heavy atom. The Kier molecular flexibility index (Phi) is 4.29. The van der Waals surface area contributed by atoms with Crippen LogP contribution in [-0.4, -0.2) is 24.5 Å². The van der Waals surface area contributed by atoms with Gasteiger partial charge in [-0.25, -0.2) is 12.8 Å². The maximum atomic E-state index is 13.0. The number of benzene rings is 1. The Morgan fingerprint density at radius 1 is 1.24 bits per heavy atom. The number of hydrogen-bond acceptors (Lipinski definition) is 4. The smallest absolute Gasteiger partial charge is 0.326 e. The second kappa shape index (κ2) is 5.98. The van der Waals surface area contributed by atoms with Crippen LogP contribution in [0.2, 0.25) is 0 Å². The minimum Gasteiger partial charge on any atom is -0.480 e. The predicted octanol–water partition coefficient (Wildman–Crippen LogP) is 1.32. The average molecular weight is 310 g/mol. The van der Waals surface area contributed by atoms with E-state index in [9.17, 15) is 22.7 Å². The van der Waals surface area contributed by atoms with E-state index < -0.39 is 32.7 Å². The molecule has 2 aromatic rings. The number of sulfonamides is 1. The number of nitrogens with zero attached hydrogens (tertiary/aromatic N) is 1. The van der Waals surface area contributed by atoms with Crippen molar-refractivity contribution in [2.24, 2.45) is 0 Å². The zero-order valence-electron chi connectivity index (χ0n) is 10.6. The van der Waals surface area contributed by atoms with Gasteiger partial charge in [0.1, 0.15) is 16.8 Å². The highest BCUT2D eigenvalue weighted by atomic mass is 32.2. The summed E-state index contributed by atoms with van der Waals surface area (Å²) in [5.74, 6) is -2.20. The summed E-state index contributed by atoms with van der Waals surface area (Å²) in [6, 6.07) is 7.09. The second-order valence-electron chi connectivity index (χ2n) is 4.14. The molecule has 110 valence electrons. The van der Waals surface area contributed by atoms with Crippen LogP contribution in [0.1, 0.15) is 11.6 Å². The Morgan fingerprint density at radius 2 is 1.90 bits per heavy atom. The van der Waals surface area contributed by atoms with E-state index in [2.05, 4.69) is 4.98 Å². The van der Waals surface area contributed by atoms with E-state index in [0.717, 1.165) is 18.5 Å². The zero-order valence-corrected chi connectivity index (χ0v) is 11.4. The average Bonchev–Trinajstić information content (AvgIpc) is 2.45. The fourth-order valence-corrected chi connectivity index (χ4v) is 2.82. The van der Waals surface area contributed by atoms with Gasteiger partial charge in [0.2, 0.25) is 10.0 Å². The minimum atomic E-state index is -4.21. The number of rotatable bonds is 5. The molecule has 1 aromatic carbocycles. The summed E-state index contributed by atoms with van der Waals surface area (Å²) in [5, 5.41) is 9.17. The van der Waals surface area contributed by atoms with Crippen LogP contribution in [0, 0.1) is 5.82 Å². The van der Waals surface area contributed by atoms with Gasteiger partial charge in [-0.2, -0.15) is 4.72 Å². The molecule has 0 bridgehead atoms. The summed E-state index contributed by atoms with van der Waals surface area (Å²) in [7, 11) is -4.21. The molecular formula is C13H11FN2O4S. The molecule has 21 heavy (non-hydrogen) atoms. The van der Waals surface area contributed by atoms with Crippen LogP contribution in [0.4, 0.5) is 4.39 Å². The van der Waals surface area contributed by atoms with E-state index >= 15 is 0 Å². The summed E-state index contributed by atoms with van der Waals surface area (Å²) < 4.78 is 39.2. The number of carboxylic acids is 1. The van der Waals surface area contributed by atoms with Crippen molar-refractivity contribution in [3.8, 4) is 0 Å². The second-order valence-corrected chi connectivity index (χ2v) is 5.86. The van der Waals surface area contributed by atoms with E-state index in [0.29, 0.717) is 0 Å². The third-order valence-electron chi connectivity index (χ3n) is 2.64. The van der Waals surface area contributed by atoms with Gasteiger partial charge in [-0.1, -0.05) is 30.3 Å². The SMILES string of the molecule is O=C(O)C(NS(=O)(=O)c1cncc(F)c1)c1ccccc1. The van der Waals surface area contributed by atoms with Gasteiger partial charge >= 0.3 is 5.97 Å². The van der Waals surface area contributed by atoms with Crippen molar-refractivity contribution < 1.29 is 22.7 Å². The lowest BCUT2D eigenvalue weighted by molar-refractivity contribution is -0.139. The highest BCUT2D eigenvalue weighted by molar-refractivity contribution is 7.89. The van der Waals surface area contributed by atoms with Gasteiger partial charge in [0, 0.05) is 6.20 Å². The molecule has 1 unspecified atom stereocenters. The van der Waals surface area contributed by atoms with Crippen LogP contribution < -0.4 is 4.72 Å². The van der Waals surface area contributed by atoms with Crippen molar-refractivity contribution in [3.05, 3.63) is 60.2 Å². The fraction of sp³-hybridized carbons (Fsp3) is 0.0769. The first kappa shape index (κ1) is 15.1. The third kappa shape index (κ3) is 3.61. The van der Waals surface area contributed by atoms with Gasteiger partial charge in [0.05, 0.1) is 6.20 Å². The lowest BCUT2D eigenvalue weighted by Gasteiger charge is -2.15. The number of nitrogens with one attached hydrogen (secondary N) is 1. The third-order valence-corrected chi connectivity index (χ3v) is 4.03. The molecule has 2 rings (SSSR count). The van der Waals surface area contributed by atoms with Crippen molar-refractivity contribution in [3.63, 3.8) is 0 Å².